The molecule has 0 aromatic carbocycles. The predicted octanol–water partition coefficient (Wildman–Crippen LogP) is 0.587. The van der Waals surface area contributed by atoms with Crippen LogP contribution in [0.15, 0.2) is 16.9 Å². The van der Waals surface area contributed by atoms with Crippen LogP contribution in [0, 0.1) is 5.82 Å². The van der Waals surface area contributed by atoms with Crippen molar-refractivity contribution in [1.29, 1.82) is 0 Å². The van der Waals surface area contributed by atoms with Gasteiger partial charge in [-0.2, -0.15) is 0 Å². The van der Waals surface area contributed by atoms with E-state index in [4.69, 9.17) is 5.84 Å². The molecule has 1 aromatic heterocycles. The number of hydrazine groups is 1. The number of hydrogen-bond acceptors (Lipinski definition) is 3. The Labute approximate surface area is 76.1 Å². The van der Waals surface area contributed by atoms with Crippen molar-refractivity contribution in [2.45, 2.75) is 0 Å². The van der Waals surface area contributed by atoms with Gasteiger partial charge in [0.1, 0.15) is 0 Å². The molecular weight excluding hydrogens is 229 g/mol. The summed E-state index contributed by atoms with van der Waals surface area (Å²) >= 11 is 2.97. The predicted molar refractivity (Wildman–Crippen MR) is 43.5 cm³/mol. The first-order chi connectivity index (χ1) is 5.66. The number of nitrogen functional groups attached to an aromatic ring is 1. The van der Waals surface area contributed by atoms with E-state index in [9.17, 15) is 9.18 Å². The fourth-order valence-corrected chi connectivity index (χ4v) is 1.19. The number of rotatable bonds is 1. The second-order valence-electron chi connectivity index (χ2n) is 1.95. The van der Waals surface area contributed by atoms with Crippen LogP contribution in [0.1, 0.15) is 10.4 Å². The average Bonchev–Trinajstić information content (AvgIpc) is 2.03. The summed E-state index contributed by atoms with van der Waals surface area (Å²) in [6, 6.07) is 0. The lowest BCUT2D eigenvalue weighted by atomic mass is 10.2. The first-order valence-electron chi connectivity index (χ1n) is 2.96. The van der Waals surface area contributed by atoms with Crippen molar-refractivity contribution in [3.05, 3.63) is 28.2 Å². The number of pyridine rings is 1. The molecule has 0 saturated carbocycles. The molecule has 1 amide bonds. The Morgan fingerprint density at radius 3 is 2.83 bits per heavy atom. The number of nitrogens with zero attached hydrogens (tertiary/aromatic N) is 1. The smallest absolute Gasteiger partial charge is 0.269 e. The van der Waals surface area contributed by atoms with E-state index in [0.29, 0.717) is 0 Å². The highest BCUT2D eigenvalue weighted by Crippen LogP contribution is 2.17. The molecule has 0 spiro atoms. The van der Waals surface area contributed by atoms with Crippen molar-refractivity contribution in [3.8, 4) is 0 Å². The molecule has 0 aliphatic heterocycles. The standard InChI is InChI=1S/C6H5BrFN3O/c7-3-1-10-2-4(8)5(3)6(12)11-9/h1-2H,9H2,(H,11,12). The first-order valence-corrected chi connectivity index (χ1v) is 3.76. The molecule has 0 aliphatic rings. The molecule has 64 valence electrons. The molecular formula is C6H5BrFN3O. The lowest BCUT2D eigenvalue weighted by Crippen LogP contribution is -2.31. The van der Waals surface area contributed by atoms with Gasteiger partial charge >= 0.3 is 0 Å². The average molecular weight is 234 g/mol. The monoisotopic (exact) mass is 233 g/mol. The zero-order chi connectivity index (χ0) is 9.14. The van der Waals surface area contributed by atoms with Crippen molar-refractivity contribution in [2.24, 2.45) is 5.84 Å². The highest BCUT2D eigenvalue weighted by Gasteiger charge is 2.14. The van der Waals surface area contributed by atoms with Crippen LogP contribution in [-0.2, 0) is 0 Å². The van der Waals surface area contributed by atoms with E-state index in [1.54, 1.807) is 0 Å². The van der Waals surface area contributed by atoms with Crippen LogP contribution in [0.25, 0.3) is 0 Å². The molecule has 0 radical (unpaired) electrons. The number of hydrogen-bond donors (Lipinski definition) is 2. The molecule has 4 nitrogen and oxygen atoms in total. The second kappa shape index (κ2) is 3.59. The van der Waals surface area contributed by atoms with Crippen LogP contribution < -0.4 is 11.3 Å². The van der Waals surface area contributed by atoms with Crippen molar-refractivity contribution in [3.63, 3.8) is 0 Å². The highest BCUT2D eigenvalue weighted by molar-refractivity contribution is 9.10. The van der Waals surface area contributed by atoms with Gasteiger partial charge in [-0.05, 0) is 15.9 Å². The van der Waals surface area contributed by atoms with Gasteiger partial charge in [-0.25, -0.2) is 10.2 Å². The fourth-order valence-electron chi connectivity index (χ4n) is 0.700. The van der Waals surface area contributed by atoms with Gasteiger partial charge in [0, 0.05) is 6.20 Å². The number of aromatic nitrogens is 1. The third-order valence-corrected chi connectivity index (χ3v) is 1.81. The van der Waals surface area contributed by atoms with Crippen LogP contribution >= 0.6 is 15.9 Å². The number of nitrogens with two attached hydrogens (primary N) is 1. The Kier molecular flexibility index (Phi) is 2.72. The third kappa shape index (κ3) is 1.59. The number of nitrogens with one attached hydrogen (secondary N) is 1. The van der Waals surface area contributed by atoms with Gasteiger partial charge in [-0.15, -0.1) is 0 Å². The summed E-state index contributed by atoms with van der Waals surface area (Å²) < 4.78 is 13.1. The molecule has 0 aliphatic carbocycles. The van der Waals surface area contributed by atoms with E-state index in [0.717, 1.165) is 6.20 Å². The number of carbonyl (C=O) groups excluding carboxylic acids is 1. The van der Waals surface area contributed by atoms with Crippen LogP contribution in [0.2, 0.25) is 0 Å². The van der Waals surface area contributed by atoms with Gasteiger partial charge in [0.05, 0.1) is 16.2 Å². The van der Waals surface area contributed by atoms with E-state index in [1.165, 1.54) is 6.20 Å². The Morgan fingerprint density at radius 2 is 2.33 bits per heavy atom. The lowest BCUT2D eigenvalue weighted by molar-refractivity contribution is 0.0948. The molecule has 0 atom stereocenters. The molecule has 1 aromatic rings. The minimum atomic E-state index is -0.715. The van der Waals surface area contributed by atoms with E-state index in [1.807, 2.05) is 5.43 Å². The molecule has 1 heterocycles. The molecule has 1 rings (SSSR count). The summed E-state index contributed by atoms with van der Waals surface area (Å²) in [5.41, 5.74) is 1.68. The molecule has 6 heteroatoms. The topological polar surface area (TPSA) is 68.0 Å². The van der Waals surface area contributed by atoms with E-state index >= 15 is 0 Å². The maximum Gasteiger partial charge on any atom is 0.269 e. The number of amides is 1. The second-order valence-corrected chi connectivity index (χ2v) is 2.81. The quantitative estimate of drug-likeness (QED) is 0.424. The van der Waals surface area contributed by atoms with Crippen molar-refractivity contribution in [2.75, 3.05) is 0 Å². The number of halogens is 2. The minimum Gasteiger partial charge on any atom is -0.290 e. The van der Waals surface area contributed by atoms with Crippen LogP contribution in [0.3, 0.4) is 0 Å². The molecule has 0 bridgehead atoms. The van der Waals surface area contributed by atoms with Crippen molar-refractivity contribution >= 4 is 21.8 Å². The van der Waals surface area contributed by atoms with Crippen molar-refractivity contribution in [1.82, 2.24) is 10.4 Å². The summed E-state index contributed by atoms with van der Waals surface area (Å²) in [5.74, 6) is 3.43. The Balaban J connectivity index is 3.21. The van der Waals surface area contributed by atoms with Gasteiger partial charge in [0.25, 0.3) is 5.91 Å². The van der Waals surface area contributed by atoms with Gasteiger partial charge in [-0.1, -0.05) is 0 Å². The molecule has 0 fully saturated rings. The van der Waals surface area contributed by atoms with Gasteiger partial charge in [-0.3, -0.25) is 15.2 Å². The third-order valence-electron chi connectivity index (χ3n) is 1.21. The van der Waals surface area contributed by atoms with E-state index < -0.39 is 11.7 Å². The first kappa shape index (κ1) is 9.08. The van der Waals surface area contributed by atoms with E-state index in [-0.39, 0.29) is 10.0 Å². The van der Waals surface area contributed by atoms with Crippen LogP contribution in [-0.4, -0.2) is 10.9 Å². The van der Waals surface area contributed by atoms with Gasteiger partial charge < -0.3 is 0 Å². The Hall–Kier alpha value is -1.01. The van der Waals surface area contributed by atoms with Crippen LogP contribution in [0.5, 0.6) is 0 Å². The molecule has 3 N–H and O–H groups in total. The summed E-state index contributed by atoms with van der Waals surface area (Å²) in [6.07, 6.45) is 2.25. The summed E-state index contributed by atoms with van der Waals surface area (Å²) in [7, 11) is 0. The zero-order valence-electron chi connectivity index (χ0n) is 5.84. The normalized spacial score (nSPS) is 9.58. The fraction of sp³-hybridized carbons (Fsp3) is 0. The Bertz CT molecular complexity index is 297. The highest BCUT2D eigenvalue weighted by atomic mass is 79.9. The van der Waals surface area contributed by atoms with Gasteiger partial charge in [0.2, 0.25) is 0 Å². The lowest BCUT2D eigenvalue weighted by Gasteiger charge is -2.02. The van der Waals surface area contributed by atoms with E-state index in [2.05, 4.69) is 20.9 Å². The summed E-state index contributed by atoms with van der Waals surface area (Å²) in [6.45, 7) is 0. The molecule has 12 heavy (non-hydrogen) atoms. The largest absolute Gasteiger partial charge is 0.290 e. The maximum atomic E-state index is 12.9. The van der Waals surface area contributed by atoms with Crippen LogP contribution in [0.4, 0.5) is 4.39 Å². The zero-order valence-corrected chi connectivity index (χ0v) is 7.43. The number of carbonyl (C=O) groups is 1. The van der Waals surface area contributed by atoms with Gasteiger partial charge in [0.15, 0.2) is 5.82 Å². The maximum absolute atomic E-state index is 12.9. The minimum absolute atomic E-state index is 0.146. The summed E-state index contributed by atoms with van der Waals surface area (Å²) in [4.78, 5) is 14.4. The van der Waals surface area contributed by atoms with Crippen molar-refractivity contribution < 1.29 is 9.18 Å². The molecule has 0 unspecified atom stereocenters. The Morgan fingerprint density at radius 1 is 1.67 bits per heavy atom. The SMILES string of the molecule is NNC(=O)c1c(F)cncc1Br. The molecule has 0 saturated heterocycles. The summed E-state index contributed by atoms with van der Waals surface area (Å²) in [5, 5.41) is 0.